The summed E-state index contributed by atoms with van der Waals surface area (Å²) in [5.74, 6) is -0.627. The third-order valence-electron chi connectivity index (χ3n) is 4.02. The zero-order valence-corrected chi connectivity index (χ0v) is 14.2. The molecule has 0 unspecified atom stereocenters. The van der Waals surface area contributed by atoms with Crippen molar-refractivity contribution in [1.82, 2.24) is 9.13 Å². The Morgan fingerprint density at radius 3 is 2.46 bits per heavy atom. The van der Waals surface area contributed by atoms with E-state index in [1.165, 1.54) is 0 Å². The number of hydrogen-bond acceptors (Lipinski definition) is 3. The molecule has 2 aromatic rings. The first-order chi connectivity index (χ1) is 12.1. The number of ether oxygens (including phenoxy) is 1. The summed E-state index contributed by atoms with van der Waals surface area (Å²) < 4.78 is 59.0. The first-order valence-corrected chi connectivity index (χ1v) is 8.00. The summed E-state index contributed by atoms with van der Waals surface area (Å²) in [7, 11) is 0.847. The predicted molar refractivity (Wildman–Crippen MR) is 85.5 cm³/mol. The van der Waals surface area contributed by atoms with Crippen molar-refractivity contribution < 1.29 is 22.3 Å². The van der Waals surface area contributed by atoms with Gasteiger partial charge in [0.05, 0.1) is 17.3 Å². The molecule has 0 radical (unpaired) electrons. The van der Waals surface area contributed by atoms with Gasteiger partial charge in [0.15, 0.2) is 0 Å². The van der Waals surface area contributed by atoms with Crippen LogP contribution in [0.15, 0.2) is 27.8 Å². The molecule has 1 fully saturated rings. The largest absolute Gasteiger partial charge is 0.492 e. The third kappa shape index (κ3) is 3.48. The minimum atomic E-state index is -4.90. The van der Waals surface area contributed by atoms with Crippen LogP contribution in [0.4, 0.5) is 17.6 Å². The summed E-state index contributed by atoms with van der Waals surface area (Å²) in [5.41, 5.74) is -4.60. The summed E-state index contributed by atoms with van der Waals surface area (Å²) in [6.07, 6.45) is -2.92. The highest BCUT2D eigenvalue weighted by atomic mass is 35.5. The number of hydrogen-bond donors (Lipinski definition) is 0. The van der Waals surface area contributed by atoms with E-state index in [1.54, 1.807) is 0 Å². The van der Waals surface area contributed by atoms with E-state index in [1.807, 2.05) is 0 Å². The average Bonchev–Trinajstić information content (AvgIpc) is 3.35. The van der Waals surface area contributed by atoms with Crippen LogP contribution in [0.3, 0.4) is 0 Å². The molecular formula is C16H13ClF4N2O3. The molecule has 140 valence electrons. The molecule has 1 aromatic carbocycles. The molecule has 1 saturated carbocycles. The van der Waals surface area contributed by atoms with Crippen molar-refractivity contribution in [2.45, 2.75) is 19.0 Å². The van der Waals surface area contributed by atoms with Crippen LogP contribution in [0.5, 0.6) is 5.75 Å². The third-order valence-corrected chi connectivity index (χ3v) is 4.32. The molecule has 1 aliphatic carbocycles. The Kier molecular flexibility index (Phi) is 4.60. The minimum Gasteiger partial charge on any atom is -0.492 e. The van der Waals surface area contributed by atoms with Gasteiger partial charge in [-0.05, 0) is 24.8 Å². The summed E-state index contributed by atoms with van der Waals surface area (Å²) in [4.78, 5) is 24.4. The lowest BCUT2D eigenvalue weighted by molar-refractivity contribution is -0.144. The highest BCUT2D eigenvalue weighted by Crippen LogP contribution is 2.33. The van der Waals surface area contributed by atoms with Gasteiger partial charge in [-0.3, -0.25) is 9.36 Å². The van der Waals surface area contributed by atoms with Crippen molar-refractivity contribution in [1.29, 1.82) is 0 Å². The Morgan fingerprint density at radius 2 is 1.88 bits per heavy atom. The molecule has 0 N–H and O–H groups in total. The van der Waals surface area contributed by atoms with Crippen LogP contribution >= 0.6 is 11.6 Å². The van der Waals surface area contributed by atoms with E-state index in [2.05, 4.69) is 0 Å². The summed E-state index contributed by atoms with van der Waals surface area (Å²) >= 11 is 5.90. The zero-order chi connectivity index (χ0) is 19.2. The van der Waals surface area contributed by atoms with Crippen molar-refractivity contribution in [3.8, 4) is 11.4 Å². The van der Waals surface area contributed by atoms with Gasteiger partial charge in [-0.2, -0.15) is 13.2 Å². The van der Waals surface area contributed by atoms with E-state index >= 15 is 0 Å². The molecule has 1 aromatic heterocycles. The average molecular weight is 393 g/mol. The molecule has 0 bridgehead atoms. The fourth-order valence-corrected chi connectivity index (χ4v) is 2.62. The van der Waals surface area contributed by atoms with Gasteiger partial charge < -0.3 is 4.74 Å². The lowest BCUT2D eigenvalue weighted by Gasteiger charge is -2.15. The Morgan fingerprint density at radius 1 is 1.23 bits per heavy atom. The molecule has 26 heavy (non-hydrogen) atoms. The van der Waals surface area contributed by atoms with E-state index in [0.29, 0.717) is 17.1 Å². The number of rotatable bonds is 4. The SMILES string of the molecule is Cn1c(C(F)(F)F)cc(=O)n(-c2cc(OCC3CC3)c(Cl)cc2F)c1=O. The van der Waals surface area contributed by atoms with Crippen LogP contribution in [0.25, 0.3) is 5.69 Å². The Hall–Kier alpha value is -2.29. The number of alkyl halides is 3. The van der Waals surface area contributed by atoms with Gasteiger partial charge >= 0.3 is 11.9 Å². The van der Waals surface area contributed by atoms with E-state index in [0.717, 1.165) is 32.0 Å². The quantitative estimate of drug-likeness (QED) is 0.751. The molecule has 10 heteroatoms. The van der Waals surface area contributed by atoms with Crippen molar-refractivity contribution >= 4 is 11.6 Å². The molecule has 0 saturated heterocycles. The van der Waals surface area contributed by atoms with Crippen LogP contribution in [0.2, 0.25) is 5.02 Å². The van der Waals surface area contributed by atoms with Gasteiger partial charge in [-0.15, -0.1) is 0 Å². The number of halogens is 5. The second-order valence-corrected chi connectivity index (χ2v) is 6.44. The molecule has 0 atom stereocenters. The van der Waals surface area contributed by atoms with Crippen LogP contribution in [-0.2, 0) is 13.2 Å². The van der Waals surface area contributed by atoms with Crippen molar-refractivity contribution in [2.24, 2.45) is 13.0 Å². The van der Waals surface area contributed by atoms with E-state index < -0.39 is 34.6 Å². The Labute approximate surface area is 149 Å². The molecule has 0 aliphatic heterocycles. The van der Waals surface area contributed by atoms with Crippen LogP contribution < -0.4 is 16.0 Å². The fraction of sp³-hybridized carbons (Fsp3) is 0.375. The Balaban J connectivity index is 2.14. The van der Waals surface area contributed by atoms with Crippen molar-refractivity contribution in [3.63, 3.8) is 0 Å². The molecular weight excluding hydrogens is 380 g/mol. The first kappa shape index (κ1) is 18.5. The van der Waals surface area contributed by atoms with Crippen molar-refractivity contribution in [3.05, 3.63) is 55.6 Å². The second-order valence-electron chi connectivity index (χ2n) is 6.03. The maximum Gasteiger partial charge on any atom is 0.431 e. The fourth-order valence-electron chi connectivity index (χ4n) is 2.41. The van der Waals surface area contributed by atoms with E-state index in [-0.39, 0.29) is 21.4 Å². The normalized spacial score (nSPS) is 14.5. The van der Waals surface area contributed by atoms with E-state index in [4.69, 9.17) is 16.3 Å². The predicted octanol–water partition coefficient (Wildman–Crippen LogP) is 3.14. The minimum absolute atomic E-state index is 0.0452. The van der Waals surface area contributed by atoms with Gasteiger partial charge in [0.1, 0.15) is 17.3 Å². The smallest absolute Gasteiger partial charge is 0.431 e. The number of benzene rings is 1. The summed E-state index contributed by atoms with van der Waals surface area (Å²) in [5, 5.41) is -0.0660. The molecule has 1 heterocycles. The molecule has 1 aliphatic rings. The summed E-state index contributed by atoms with van der Waals surface area (Å²) in [6.45, 7) is 0.338. The van der Waals surface area contributed by atoms with Crippen LogP contribution in [0, 0.1) is 11.7 Å². The van der Waals surface area contributed by atoms with Crippen molar-refractivity contribution in [2.75, 3.05) is 6.61 Å². The number of nitrogens with zero attached hydrogens (tertiary/aromatic N) is 2. The zero-order valence-electron chi connectivity index (χ0n) is 13.4. The lowest BCUT2D eigenvalue weighted by atomic mass is 10.2. The van der Waals surface area contributed by atoms with Gasteiger partial charge in [0.2, 0.25) is 0 Å². The van der Waals surface area contributed by atoms with Gasteiger partial charge in [-0.1, -0.05) is 11.6 Å². The van der Waals surface area contributed by atoms with Gasteiger partial charge in [-0.25, -0.2) is 13.8 Å². The van der Waals surface area contributed by atoms with Gasteiger partial charge in [0, 0.05) is 19.2 Å². The van der Waals surface area contributed by atoms with Crippen LogP contribution in [0.1, 0.15) is 18.5 Å². The topological polar surface area (TPSA) is 53.2 Å². The highest BCUT2D eigenvalue weighted by molar-refractivity contribution is 6.32. The number of aromatic nitrogens is 2. The Bertz CT molecular complexity index is 977. The highest BCUT2D eigenvalue weighted by Gasteiger charge is 2.35. The second kappa shape index (κ2) is 6.46. The molecule has 3 rings (SSSR count). The standard InChI is InChI=1S/C16H13ClF4N2O3/c1-22-13(16(19,20)21)6-14(24)23(15(22)25)11-5-12(9(17)4-10(11)18)26-7-8-2-3-8/h4-6,8H,2-3,7H2,1H3. The van der Waals surface area contributed by atoms with E-state index in [9.17, 15) is 27.2 Å². The molecule has 5 nitrogen and oxygen atoms in total. The first-order valence-electron chi connectivity index (χ1n) is 7.62. The molecule has 0 spiro atoms. The summed E-state index contributed by atoms with van der Waals surface area (Å²) in [6, 6.07) is 2.12. The van der Waals surface area contributed by atoms with Crippen LogP contribution in [-0.4, -0.2) is 15.7 Å². The monoisotopic (exact) mass is 392 g/mol. The molecule has 0 amide bonds. The maximum atomic E-state index is 14.3. The van der Waals surface area contributed by atoms with Gasteiger partial charge in [0.25, 0.3) is 5.56 Å². The maximum absolute atomic E-state index is 14.3. The lowest BCUT2D eigenvalue weighted by Crippen LogP contribution is -2.41.